The van der Waals surface area contributed by atoms with Crippen molar-refractivity contribution in [1.82, 2.24) is 15.1 Å². The maximum absolute atomic E-state index is 3.71. The van der Waals surface area contributed by atoms with Crippen molar-refractivity contribution >= 4 is 0 Å². The minimum atomic E-state index is 0.543. The van der Waals surface area contributed by atoms with Gasteiger partial charge in [-0.05, 0) is 71.4 Å². The highest BCUT2D eigenvalue weighted by molar-refractivity contribution is 4.89. The molecule has 0 saturated heterocycles. The first-order valence-electron chi connectivity index (χ1n) is 8.47. The van der Waals surface area contributed by atoms with Crippen molar-refractivity contribution in [3.8, 4) is 0 Å². The van der Waals surface area contributed by atoms with E-state index in [1.807, 2.05) is 0 Å². The van der Waals surface area contributed by atoms with Crippen LogP contribution >= 0.6 is 0 Å². The molecule has 0 radical (unpaired) electrons. The minimum Gasteiger partial charge on any atom is -0.316 e. The Morgan fingerprint density at radius 1 is 1.05 bits per heavy atom. The Morgan fingerprint density at radius 3 is 2.25 bits per heavy atom. The Kier molecular flexibility index (Phi) is 8.08. The summed E-state index contributed by atoms with van der Waals surface area (Å²) in [6.45, 7) is 10.7. The summed E-state index contributed by atoms with van der Waals surface area (Å²) in [5, 5.41) is 3.71. The molecule has 3 nitrogen and oxygen atoms in total. The third-order valence-corrected chi connectivity index (χ3v) is 4.47. The van der Waals surface area contributed by atoms with Gasteiger partial charge in [0.15, 0.2) is 0 Å². The molecule has 0 aromatic rings. The van der Waals surface area contributed by atoms with Crippen molar-refractivity contribution in [2.45, 2.75) is 46.0 Å². The second-order valence-corrected chi connectivity index (χ2v) is 7.63. The van der Waals surface area contributed by atoms with E-state index >= 15 is 0 Å². The first-order valence-corrected chi connectivity index (χ1v) is 8.47. The van der Waals surface area contributed by atoms with Crippen molar-refractivity contribution in [3.63, 3.8) is 0 Å². The number of hydrogen-bond acceptors (Lipinski definition) is 3. The molecule has 1 N–H and O–H groups in total. The summed E-state index contributed by atoms with van der Waals surface area (Å²) in [4.78, 5) is 4.84. The Balaban J connectivity index is 2.33. The van der Waals surface area contributed by atoms with E-state index in [0.29, 0.717) is 5.41 Å². The molecular formula is C17H37N3. The van der Waals surface area contributed by atoms with Gasteiger partial charge in [-0.2, -0.15) is 0 Å². The predicted octanol–water partition coefficient (Wildman–Crippen LogP) is 2.68. The van der Waals surface area contributed by atoms with Gasteiger partial charge in [-0.15, -0.1) is 0 Å². The molecule has 0 unspecified atom stereocenters. The molecule has 20 heavy (non-hydrogen) atoms. The Hall–Kier alpha value is -0.120. The predicted molar refractivity (Wildman–Crippen MR) is 89.3 cm³/mol. The SMILES string of the molecule is CC(C)CNCC1(CN(C)CCCN(C)C)CCCC1. The highest BCUT2D eigenvalue weighted by Gasteiger charge is 2.34. The molecule has 0 atom stereocenters. The van der Waals surface area contributed by atoms with Crippen molar-refractivity contribution in [2.24, 2.45) is 11.3 Å². The average molecular weight is 284 g/mol. The van der Waals surface area contributed by atoms with E-state index in [1.165, 1.54) is 58.3 Å². The molecule has 0 spiro atoms. The van der Waals surface area contributed by atoms with Gasteiger partial charge in [0.2, 0.25) is 0 Å². The van der Waals surface area contributed by atoms with Gasteiger partial charge >= 0.3 is 0 Å². The molecule has 120 valence electrons. The lowest BCUT2D eigenvalue weighted by Crippen LogP contribution is -2.42. The molecule has 1 fully saturated rings. The molecule has 1 saturated carbocycles. The maximum atomic E-state index is 3.71. The monoisotopic (exact) mass is 283 g/mol. The molecule has 0 bridgehead atoms. The minimum absolute atomic E-state index is 0.543. The molecule has 1 aliphatic rings. The summed E-state index contributed by atoms with van der Waals surface area (Å²) in [7, 11) is 6.63. The number of hydrogen-bond donors (Lipinski definition) is 1. The quantitative estimate of drug-likeness (QED) is 0.665. The second-order valence-electron chi connectivity index (χ2n) is 7.63. The highest BCUT2D eigenvalue weighted by atomic mass is 15.1. The molecule has 0 aliphatic heterocycles. The summed E-state index contributed by atoms with van der Waals surface area (Å²) in [6.07, 6.45) is 6.95. The van der Waals surface area contributed by atoms with Crippen LogP contribution in [0.2, 0.25) is 0 Å². The van der Waals surface area contributed by atoms with Crippen LogP contribution in [0.15, 0.2) is 0 Å². The number of rotatable bonds is 10. The fourth-order valence-electron chi connectivity index (χ4n) is 3.45. The molecule has 1 aliphatic carbocycles. The van der Waals surface area contributed by atoms with E-state index in [9.17, 15) is 0 Å². The zero-order valence-electron chi connectivity index (χ0n) is 14.5. The van der Waals surface area contributed by atoms with Crippen LogP contribution < -0.4 is 5.32 Å². The Morgan fingerprint density at radius 2 is 1.70 bits per heavy atom. The lowest BCUT2D eigenvalue weighted by atomic mass is 9.85. The van der Waals surface area contributed by atoms with Crippen LogP contribution in [0.3, 0.4) is 0 Å². The topological polar surface area (TPSA) is 18.5 Å². The first kappa shape index (κ1) is 17.9. The maximum Gasteiger partial charge on any atom is 0.00471 e. The molecule has 0 amide bonds. The van der Waals surface area contributed by atoms with Gasteiger partial charge in [0.05, 0.1) is 0 Å². The molecular weight excluding hydrogens is 246 g/mol. The second kappa shape index (κ2) is 9.01. The van der Waals surface area contributed by atoms with Gasteiger partial charge in [-0.25, -0.2) is 0 Å². The van der Waals surface area contributed by atoms with Crippen molar-refractivity contribution < 1.29 is 0 Å². The van der Waals surface area contributed by atoms with E-state index in [2.05, 4.69) is 50.1 Å². The van der Waals surface area contributed by atoms with Crippen LogP contribution in [0.5, 0.6) is 0 Å². The summed E-state index contributed by atoms with van der Waals surface area (Å²) in [5.74, 6) is 0.756. The highest BCUT2D eigenvalue weighted by Crippen LogP contribution is 2.38. The largest absolute Gasteiger partial charge is 0.316 e. The summed E-state index contributed by atoms with van der Waals surface area (Å²) >= 11 is 0. The van der Waals surface area contributed by atoms with E-state index in [4.69, 9.17) is 0 Å². The standard InChI is InChI=1S/C17H37N3/c1-16(2)13-18-14-17(9-6-7-10-17)15-20(5)12-8-11-19(3)4/h16,18H,6-15H2,1-5H3. The fourth-order valence-corrected chi connectivity index (χ4v) is 3.45. The van der Waals surface area contributed by atoms with Gasteiger partial charge in [0, 0.05) is 13.1 Å². The van der Waals surface area contributed by atoms with E-state index in [1.54, 1.807) is 0 Å². The van der Waals surface area contributed by atoms with Gasteiger partial charge in [0.25, 0.3) is 0 Å². The zero-order chi connectivity index (χ0) is 15.0. The summed E-state index contributed by atoms with van der Waals surface area (Å²) < 4.78 is 0. The summed E-state index contributed by atoms with van der Waals surface area (Å²) in [5.41, 5.74) is 0.543. The first-order chi connectivity index (χ1) is 9.43. The van der Waals surface area contributed by atoms with Crippen LogP contribution in [0, 0.1) is 11.3 Å². The van der Waals surface area contributed by atoms with E-state index in [0.717, 1.165) is 12.5 Å². The van der Waals surface area contributed by atoms with Crippen LogP contribution in [0.25, 0.3) is 0 Å². The van der Waals surface area contributed by atoms with Crippen molar-refractivity contribution in [2.75, 3.05) is 53.9 Å². The van der Waals surface area contributed by atoms with E-state index in [-0.39, 0.29) is 0 Å². The molecule has 1 rings (SSSR count). The third-order valence-electron chi connectivity index (χ3n) is 4.47. The van der Waals surface area contributed by atoms with Crippen molar-refractivity contribution in [1.29, 1.82) is 0 Å². The van der Waals surface area contributed by atoms with Gasteiger partial charge in [-0.3, -0.25) is 0 Å². The lowest BCUT2D eigenvalue weighted by molar-refractivity contribution is 0.167. The van der Waals surface area contributed by atoms with Gasteiger partial charge in [-0.1, -0.05) is 26.7 Å². The Labute approximate surface area is 127 Å². The van der Waals surface area contributed by atoms with Crippen LogP contribution in [-0.4, -0.2) is 63.7 Å². The van der Waals surface area contributed by atoms with Crippen LogP contribution in [0.1, 0.15) is 46.0 Å². The normalized spacial score (nSPS) is 18.6. The third kappa shape index (κ3) is 7.05. The average Bonchev–Trinajstić information content (AvgIpc) is 2.76. The summed E-state index contributed by atoms with van der Waals surface area (Å²) in [6, 6.07) is 0. The van der Waals surface area contributed by atoms with Gasteiger partial charge in [0.1, 0.15) is 0 Å². The van der Waals surface area contributed by atoms with Crippen molar-refractivity contribution in [3.05, 3.63) is 0 Å². The smallest absolute Gasteiger partial charge is 0.00471 e. The molecule has 0 aromatic heterocycles. The zero-order valence-corrected chi connectivity index (χ0v) is 14.5. The lowest BCUT2D eigenvalue weighted by Gasteiger charge is -2.34. The molecule has 0 heterocycles. The number of nitrogens with one attached hydrogen (secondary N) is 1. The Bertz CT molecular complexity index is 245. The fraction of sp³-hybridized carbons (Fsp3) is 1.00. The molecule has 3 heteroatoms. The van der Waals surface area contributed by atoms with Crippen LogP contribution in [-0.2, 0) is 0 Å². The van der Waals surface area contributed by atoms with Crippen LogP contribution in [0.4, 0.5) is 0 Å². The number of nitrogens with zero attached hydrogens (tertiary/aromatic N) is 2. The molecule has 0 aromatic carbocycles. The van der Waals surface area contributed by atoms with E-state index < -0.39 is 0 Å². The van der Waals surface area contributed by atoms with Gasteiger partial charge < -0.3 is 15.1 Å².